The summed E-state index contributed by atoms with van der Waals surface area (Å²) in [5, 5.41) is 27.5. The third-order valence-corrected chi connectivity index (χ3v) is 4.46. The van der Waals surface area contributed by atoms with Gasteiger partial charge >= 0.3 is 0 Å². The van der Waals surface area contributed by atoms with E-state index >= 15 is 0 Å². The van der Waals surface area contributed by atoms with Crippen LogP contribution in [0, 0.1) is 22.7 Å². The lowest BCUT2D eigenvalue weighted by Gasteiger charge is -2.12. The molecule has 6 nitrogen and oxygen atoms in total. The van der Waals surface area contributed by atoms with Crippen LogP contribution in [-0.2, 0) is 13.0 Å². The molecule has 0 saturated heterocycles. The maximum Gasteiger partial charge on any atom is 0.114 e. The molecule has 0 atom stereocenters. The highest BCUT2D eigenvalue weighted by Crippen LogP contribution is 2.33. The van der Waals surface area contributed by atoms with Gasteiger partial charge in [0, 0.05) is 5.56 Å². The van der Waals surface area contributed by atoms with E-state index in [1.807, 2.05) is 36.5 Å². The van der Waals surface area contributed by atoms with E-state index < -0.39 is 0 Å². The minimum Gasteiger partial charge on any atom is -0.397 e. The van der Waals surface area contributed by atoms with Gasteiger partial charge < -0.3 is 5.73 Å². The summed E-state index contributed by atoms with van der Waals surface area (Å²) in [5.74, 6) is 0. The SMILES string of the molecule is CCCCc1cc(C#N)c(N)c(C#N)c1-c1cn(Cc2ccccc2)nn1. The summed E-state index contributed by atoms with van der Waals surface area (Å²) >= 11 is 0. The number of hydrogen-bond acceptors (Lipinski definition) is 5. The van der Waals surface area contributed by atoms with Crippen molar-refractivity contribution in [1.29, 1.82) is 10.5 Å². The molecule has 27 heavy (non-hydrogen) atoms. The first-order chi connectivity index (χ1) is 13.2. The molecule has 1 heterocycles. The van der Waals surface area contributed by atoms with Gasteiger partial charge in [0.05, 0.1) is 29.6 Å². The van der Waals surface area contributed by atoms with E-state index in [2.05, 4.69) is 29.4 Å². The van der Waals surface area contributed by atoms with Crippen LogP contribution in [0.5, 0.6) is 0 Å². The van der Waals surface area contributed by atoms with Crippen LogP contribution in [-0.4, -0.2) is 15.0 Å². The van der Waals surface area contributed by atoms with Crippen molar-refractivity contribution in [3.8, 4) is 23.4 Å². The number of aromatic nitrogens is 3. The van der Waals surface area contributed by atoms with Crippen LogP contribution in [0.3, 0.4) is 0 Å². The van der Waals surface area contributed by atoms with Gasteiger partial charge in [0.1, 0.15) is 17.8 Å². The average molecular weight is 356 g/mol. The Morgan fingerprint density at radius 1 is 1.15 bits per heavy atom. The predicted molar refractivity (Wildman–Crippen MR) is 103 cm³/mol. The molecule has 1 aromatic heterocycles. The molecule has 3 aromatic rings. The van der Waals surface area contributed by atoms with Crippen molar-refractivity contribution < 1.29 is 0 Å². The number of aryl methyl sites for hydroxylation is 1. The molecular formula is C21H20N6. The van der Waals surface area contributed by atoms with E-state index in [4.69, 9.17) is 5.73 Å². The summed E-state index contributed by atoms with van der Waals surface area (Å²) in [4.78, 5) is 0. The van der Waals surface area contributed by atoms with E-state index in [0.717, 1.165) is 30.4 Å². The van der Waals surface area contributed by atoms with Crippen molar-refractivity contribution in [2.24, 2.45) is 0 Å². The molecule has 2 aromatic carbocycles. The van der Waals surface area contributed by atoms with Crippen molar-refractivity contribution in [3.63, 3.8) is 0 Å². The molecule has 0 spiro atoms. The van der Waals surface area contributed by atoms with Gasteiger partial charge in [-0.25, -0.2) is 4.68 Å². The van der Waals surface area contributed by atoms with Crippen molar-refractivity contribution in [3.05, 3.63) is 64.8 Å². The Labute approximate surface area is 158 Å². The zero-order valence-electron chi connectivity index (χ0n) is 15.2. The van der Waals surface area contributed by atoms with E-state index in [0.29, 0.717) is 28.9 Å². The summed E-state index contributed by atoms with van der Waals surface area (Å²) in [7, 11) is 0. The molecule has 3 rings (SSSR count). The second-order valence-electron chi connectivity index (χ2n) is 6.36. The van der Waals surface area contributed by atoms with E-state index in [1.54, 1.807) is 10.7 Å². The van der Waals surface area contributed by atoms with Crippen molar-refractivity contribution >= 4 is 5.69 Å². The highest BCUT2D eigenvalue weighted by Gasteiger charge is 2.20. The standard InChI is InChI=1S/C21H20N6/c1-2-3-9-16-10-17(11-22)21(24)18(12-23)20(16)19-14-27(26-25-19)13-15-7-5-4-6-8-15/h4-8,10,14H,2-3,9,13,24H2,1H3. The number of hydrogen-bond donors (Lipinski definition) is 1. The number of unbranched alkanes of at least 4 members (excludes halogenated alkanes) is 1. The van der Waals surface area contributed by atoms with Crippen molar-refractivity contribution in [2.45, 2.75) is 32.7 Å². The number of nitriles is 2. The van der Waals surface area contributed by atoms with Gasteiger partial charge in [0.2, 0.25) is 0 Å². The highest BCUT2D eigenvalue weighted by molar-refractivity contribution is 5.81. The zero-order chi connectivity index (χ0) is 19.2. The van der Waals surface area contributed by atoms with Gasteiger partial charge in [-0.15, -0.1) is 5.10 Å². The topological polar surface area (TPSA) is 104 Å². The van der Waals surface area contributed by atoms with Gasteiger partial charge in [-0.3, -0.25) is 0 Å². The van der Waals surface area contributed by atoms with Crippen molar-refractivity contribution in [2.75, 3.05) is 5.73 Å². The quantitative estimate of drug-likeness (QED) is 0.679. The summed E-state index contributed by atoms with van der Waals surface area (Å²) < 4.78 is 1.74. The molecule has 0 bridgehead atoms. The Bertz CT molecular complexity index is 1020. The molecule has 0 saturated carbocycles. The Hall–Kier alpha value is -3.64. The van der Waals surface area contributed by atoms with Crippen LogP contribution in [0.4, 0.5) is 5.69 Å². The molecule has 0 radical (unpaired) electrons. The minimum atomic E-state index is 0.202. The first-order valence-corrected chi connectivity index (χ1v) is 8.87. The molecule has 2 N–H and O–H groups in total. The monoisotopic (exact) mass is 356 g/mol. The zero-order valence-corrected chi connectivity index (χ0v) is 15.2. The Morgan fingerprint density at radius 2 is 1.93 bits per heavy atom. The van der Waals surface area contributed by atoms with E-state index in [1.165, 1.54) is 0 Å². The molecule has 0 aliphatic carbocycles. The Morgan fingerprint density at radius 3 is 2.59 bits per heavy atom. The van der Waals surface area contributed by atoms with Gasteiger partial charge in [-0.2, -0.15) is 10.5 Å². The minimum absolute atomic E-state index is 0.202. The second kappa shape index (κ2) is 8.16. The molecule has 6 heteroatoms. The molecule has 0 aliphatic heterocycles. The number of benzene rings is 2. The fraction of sp³-hybridized carbons (Fsp3) is 0.238. The number of nitrogen functional groups attached to an aromatic ring is 1. The summed E-state index contributed by atoms with van der Waals surface area (Å²) in [5.41, 5.74) is 10.2. The number of nitrogens with zero attached hydrogens (tertiary/aromatic N) is 5. The second-order valence-corrected chi connectivity index (χ2v) is 6.36. The molecule has 0 unspecified atom stereocenters. The lowest BCUT2D eigenvalue weighted by atomic mass is 9.91. The van der Waals surface area contributed by atoms with Crippen LogP contribution in [0.2, 0.25) is 0 Å². The number of nitrogens with two attached hydrogens (primary N) is 1. The largest absolute Gasteiger partial charge is 0.397 e. The lowest BCUT2D eigenvalue weighted by Crippen LogP contribution is -2.03. The van der Waals surface area contributed by atoms with E-state index in [9.17, 15) is 10.5 Å². The van der Waals surface area contributed by atoms with Gasteiger partial charge in [-0.05, 0) is 30.0 Å². The van der Waals surface area contributed by atoms with E-state index in [-0.39, 0.29) is 5.69 Å². The first-order valence-electron chi connectivity index (χ1n) is 8.87. The first kappa shape index (κ1) is 18.2. The normalized spacial score (nSPS) is 10.3. The molecule has 134 valence electrons. The van der Waals surface area contributed by atoms with Crippen LogP contribution in [0.15, 0.2) is 42.6 Å². The average Bonchev–Trinajstić information content (AvgIpc) is 3.15. The third-order valence-electron chi connectivity index (χ3n) is 4.46. The maximum absolute atomic E-state index is 9.68. The summed E-state index contributed by atoms with van der Waals surface area (Å²) in [6.07, 6.45) is 4.53. The molecular weight excluding hydrogens is 336 g/mol. The summed E-state index contributed by atoms with van der Waals surface area (Å²) in [6, 6.07) is 16.0. The number of anilines is 1. The fourth-order valence-corrected chi connectivity index (χ4v) is 3.08. The van der Waals surface area contributed by atoms with Crippen LogP contribution >= 0.6 is 0 Å². The summed E-state index contributed by atoms with van der Waals surface area (Å²) in [6.45, 7) is 2.69. The highest BCUT2D eigenvalue weighted by atomic mass is 15.4. The third kappa shape index (κ3) is 3.80. The van der Waals surface area contributed by atoms with Crippen LogP contribution in [0.25, 0.3) is 11.3 Å². The van der Waals surface area contributed by atoms with Gasteiger partial charge in [0.25, 0.3) is 0 Å². The van der Waals surface area contributed by atoms with Crippen LogP contribution in [0.1, 0.15) is 42.0 Å². The lowest BCUT2D eigenvalue weighted by molar-refractivity contribution is 0.650. The van der Waals surface area contributed by atoms with Gasteiger partial charge in [-0.1, -0.05) is 48.9 Å². The molecule has 0 aliphatic rings. The molecule has 0 fully saturated rings. The molecule has 0 amide bonds. The number of rotatable bonds is 6. The van der Waals surface area contributed by atoms with Gasteiger partial charge in [0.15, 0.2) is 0 Å². The Balaban J connectivity index is 2.06. The van der Waals surface area contributed by atoms with Crippen LogP contribution < -0.4 is 5.73 Å². The van der Waals surface area contributed by atoms with Crippen molar-refractivity contribution in [1.82, 2.24) is 15.0 Å². The maximum atomic E-state index is 9.68. The predicted octanol–water partition coefficient (Wildman–Crippen LogP) is 3.66. The smallest absolute Gasteiger partial charge is 0.114 e. The Kier molecular flexibility index (Phi) is 5.49. The fourth-order valence-electron chi connectivity index (χ4n) is 3.08.